The first-order chi connectivity index (χ1) is 9.15. The van der Waals surface area contributed by atoms with Crippen LogP contribution in [-0.4, -0.2) is 43.4 Å². The van der Waals surface area contributed by atoms with Crippen LogP contribution in [0.25, 0.3) is 0 Å². The maximum atomic E-state index is 11.4. The van der Waals surface area contributed by atoms with Crippen LogP contribution in [0, 0.1) is 17.8 Å². The molecule has 5 nitrogen and oxygen atoms in total. The number of aliphatic hydroxyl groups is 1. The van der Waals surface area contributed by atoms with Crippen molar-refractivity contribution in [3.8, 4) is 5.75 Å². The molecule has 2 heterocycles. The maximum Gasteiger partial charge on any atom is 0.409 e. The van der Waals surface area contributed by atoms with Crippen LogP contribution in [0.3, 0.4) is 0 Å². The lowest BCUT2D eigenvalue weighted by Crippen LogP contribution is -2.32. The average molecular weight is 283 g/mol. The third-order valence-corrected chi connectivity index (χ3v) is 5.16. The highest BCUT2D eigenvalue weighted by molar-refractivity contribution is 7.10. The lowest BCUT2D eigenvalue weighted by molar-refractivity contribution is 0.107. The number of amides is 1. The van der Waals surface area contributed by atoms with Crippen molar-refractivity contribution in [1.82, 2.24) is 4.90 Å². The summed E-state index contributed by atoms with van der Waals surface area (Å²) in [6, 6.07) is 1.89. The van der Waals surface area contributed by atoms with E-state index in [0.29, 0.717) is 24.9 Å². The molecule has 1 amide bonds. The monoisotopic (exact) mass is 283 g/mol. The van der Waals surface area contributed by atoms with E-state index in [9.17, 15) is 9.90 Å². The highest BCUT2D eigenvalue weighted by Crippen LogP contribution is 2.58. The van der Waals surface area contributed by atoms with Gasteiger partial charge in [-0.25, -0.2) is 4.79 Å². The highest BCUT2D eigenvalue weighted by atomic mass is 32.1. The first-order valence-electron chi connectivity index (χ1n) is 6.29. The Labute approximate surface area is 115 Å². The van der Waals surface area contributed by atoms with Gasteiger partial charge in [0.25, 0.3) is 0 Å². The molecule has 0 aromatic carbocycles. The lowest BCUT2D eigenvalue weighted by atomic mass is 10.1. The first-order valence-corrected chi connectivity index (χ1v) is 7.17. The Morgan fingerprint density at radius 1 is 1.47 bits per heavy atom. The Bertz CT molecular complexity index is 477. The number of hydrogen-bond donors (Lipinski definition) is 1. The summed E-state index contributed by atoms with van der Waals surface area (Å²) in [5.74, 6) is 1.87. The maximum absolute atomic E-state index is 11.4. The van der Waals surface area contributed by atoms with Gasteiger partial charge in [-0.15, -0.1) is 11.3 Å². The summed E-state index contributed by atoms with van der Waals surface area (Å²) in [7, 11) is 3.02. The van der Waals surface area contributed by atoms with Crippen molar-refractivity contribution in [2.24, 2.45) is 17.8 Å². The van der Waals surface area contributed by atoms with E-state index in [1.165, 1.54) is 18.4 Å². The second kappa shape index (κ2) is 4.68. The van der Waals surface area contributed by atoms with E-state index in [-0.39, 0.29) is 12.0 Å². The SMILES string of the molecule is COC(=O)N1CC2C(C(O)c3cc(OC)cs3)[C@@H]2C1. The van der Waals surface area contributed by atoms with Crippen LogP contribution >= 0.6 is 11.3 Å². The molecule has 1 saturated carbocycles. The Hall–Kier alpha value is -1.27. The van der Waals surface area contributed by atoms with Crippen molar-refractivity contribution < 1.29 is 19.4 Å². The molecule has 2 fully saturated rings. The summed E-state index contributed by atoms with van der Waals surface area (Å²) in [4.78, 5) is 14.1. The summed E-state index contributed by atoms with van der Waals surface area (Å²) in [5.41, 5.74) is 0. The molecule has 19 heavy (non-hydrogen) atoms. The quantitative estimate of drug-likeness (QED) is 0.918. The predicted octanol–water partition coefficient (Wildman–Crippen LogP) is 1.73. The Kier molecular flexibility index (Phi) is 3.14. The molecule has 1 saturated heterocycles. The van der Waals surface area contributed by atoms with E-state index in [1.807, 2.05) is 11.4 Å². The van der Waals surface area contributed by atoms with Crippen LogP contribution in [0.4, 0.5) is 4.79 Å². The smallest absolute Gasteiger partial charge is 0.409 e. The molecule has 0 spiro atoms. The normalized spacial score (nSPS) is 29.8. The zero-order valence-electron chi connectivity index (χ0n) is 10.9. The van der Waals surface area contributed by atoms with Gasteiger partial charge in [0, 0.05) is 23.3 Å². The van der Waals surface area contributed by atoms with Gasteiger partial charge in [-0.05, 0) is 23.8 Å². The molecule has 1 aromatic rings. The first kappa shape index (κ1) is 12.7. The number of rotatable bonds is 3. The topological polar surface area (TPSA) is 59.0 Å². The Morgan fingerprint density at radius 2 is 2.16 bits per heavy atom. The zero-order chi connectivity index (χ0) is 13.6. The van der Waals surface area contributed by atoms with Crippen LogP contribution in [0.5, 0.6) is 5.75 Å². The van der Waals surface area contributed by atoms with Gasteiger partial charge in [0.05, 0.1) is 20.3 Å². The molecule has 0 bridgehead atoms. The molecule has 104 valence electrons. The average Bonchev–Trinajstić information content (AvgIpc) is 2.86. The fraction of sp³-hybridized carbons (Fsp3) is 0.615. The Balaban J connectivity index is 1.61. The minimum absolute atomic E-state index is 0.266. The summed E-state index contributed by atoms with van der Waals surface area (Å²) < 4.78 is 9.84. The van der Waals surface area contributed by atoms with Crippen LogP contribution in [0.15, 0.2) is 11.4 Å². The van der Waals surface area contributed by atoms with Crippen molar-refractivity contribution >= 4 is 17.4 Å². The highest BCUT2D eigenvalue weighted by Gasteiger charge is 2.60. The van der Waals surface area contributed by atoms with E-state index in [2.05, 4.69) is 0 Å². The molecule has 4 atom stereocenters. The van der Waals surface area contributed by atoms with E-state index in [1.54, 1.807) is 12.0 Å². The number of carbonyl (C=O) groups is 1. The van der Waals surface area contributed by atoms with Gasteiger partial charge in [0.2, 0.25) is 0 Å². The largest absolute Gasteiger partial charge is 0.496 e. The number of aliphatic hydroxyl groups excluding tert-OH is 1. The van der Waals surface area contributed by atoms with Gasteiger partial charge in [-0.3, -0.25) is 0 Å². The lowest BCUT2D eigenvalue weighted by Gasteiger charge is -2.19. The van der Waals surface area contributed by atoms with E-state index < -0.39 is 6.10 Å². The molecule has 3 unspecified atom stereocenters. The molecule has 3 rings (SSSR count). The van der Waals surface area contributed by atoms with E-state index in [0.717, 1.165) is 10.6 Å². The number of likely N-dealkylation sites (tertiary alicyclic amines) is 1. The molecule has 1 aliphatic carbocycles. The minimum Gasteiger partial charge on any atom is -0.496 e. The molecular formula is C13H17NO4S. The van der Waals surface area contributed by atoms with Crippen LogP contribution < -0.4 is 4.74 Å². The molecule has 1 aliphatic heterocycles. The number of nitrogens with zero attached hydrogens (tertiary/aromatic N) is 1. The van der Waals surface area contributed by atoms with Crippen molar-refractivity contribution in [2.45, 2.75) is 6.10 Å². The van der Waals surface area contributed by atoms with E-state index in [4.69, 9.17) is 9.47 Å². The second-order valence-corrected chi connectivity index (χ2v) is 6.06. The molecule has 1 N–H and O–H groups in total. The summed E-state index contributed by atoms with van der Waals surface area (Å²) >= 11 is 1.52. The molecule has 2 aliphatic rings. The summed E-state index contributed by atoms with van der Waals surface area (Å²) in [6.07, 6.45) is -0.707. The number of fused-ring (bicyclic) bond motifs is 1. The number of thiophene rings is 1. The van der Waals surface area contributed by atoms with Crippen LogP contribution in [-0.2, 0) is 4.74 Å². The number of carbonyl (C=O) groups excluding carboxylic acids is 1. The molecular weight excluding hydrogens is 266 g/mol. The third kappa shape index (κ3) is 2.08. The number of piperidine rings is 1. The fourth-order valence-electron chi connectivity index (χ4n) is 3.11. The second-order valence-electron chi connectivity index (χ2n) is 5.11. The Morgan fingerprint density at radius 3 is 2.68 bits per heavy atom. The van der Waals surface area contributed by atoms with Gasteiger partial charge >= 0.3 is 6.09 Å². The fourth-order valence-corrected chi connectivity index (χ4v) is 4.00. The summed E-state index contributed by atoms with van der Waals surface area (Å²) in [6.45, 7) is 1.39. The molecule has 6 heteroatoms. The minimum atomic E-state index is -0.441. The van der Waals surface area contributed by atoms with Gasteiger partial charge < -0.3 is 19.5 Å². The standard InChI is InChI=1S/C13H17NO4S/c1-17-7-3-10(19-6-7)12(15)11-8-4-14(5-9(8)11)13(16)18-2/h3,6,8-9,11-12,15H,4-5H2,1-2H3/t8-,9?,11?,12?/m1/s1. The molecule has 1 aromatic heterocycles. The van der Waals surface area contributed by atoms with Crippen molar-refractivity contribution in [3.05, 3.63) is 16.3 Å². The number of ether oxygens (including phenoxy) is 2. The number of hydrogen-bond acceptors (Lipinski definition) is 5. The van der Waals surface area contributed by atoms with Crippen LogP contribution in [0.1, 0.15) is 11.0 Å². The van der Waals surface area contributed by atoms with Gasteiger partial charge in [0.1, 0.15) is 5.75 Å². The zero-order valence-corrected chi connectivity index (χ0v) is 11.7. The van der Waals surface area contributed by atoms with Crippen LogP contribution in [0.2, 0.25) is 0 Å². The van der Waals surface area contributed by atoms with Crippen molar-refractivity contribution in [3.63, 3.8) is 0 Å². The summed E-state index contributed by atoms with van der Waals surface area (Å²) in [5, 5.41) is 12.3. The van der Waals surface area contributed by atoms with Crippen molar-refractivity contribution in [2.75, 3.05) is 27.3 Å². The van der Waals surface area contributed by atoms with Gasteiger partial charge in [0.15, 0.2) is 0 Å². The molecule has 0 radical (unpaired) electrons. The van der Waals surface area contributed by atoms with Gasteiger partial charge in [-0.1, -0.05) is 0 Å². The number of methoxy groups -OCH3 is 2. The predicted molar refractivity (Wildman–Crippen MR) is 70.3 cm³/mol. The van der Waals surface area contributed by atoms with E-state index >= 15 is 0 Å². The van der Waals surface area contributed by atoms with Gasteiger partial charge in [-0.2, -0.15) is 0 Å². The third-order valence-electron chi connectivity index (χ3n) is 4.18. The van der Waals surface area contributed by atoms with Crippen molar-refractivity contribution in [1.29, 1.82) is 0 Å².